The molecule has 1 N–H and O–H groups in total. The molecule has 3 aromatic rings. The van der Waals surface area contributed by atoms with Gasteiger partial charge >= 0.3 is 5.97 Å². The minimum Gasteiger partial charge on any atom is -0.496 e. The Morgan fingerprint density at radius 2 is 1.91 bits per heavy atom. The highest BCUT2D eigenvalue weighted by atomic mass is 16.5. The number of Topliss-reactive ketones (excluding diaryl/α,β-unsaturated/α-hetero) is 1. The Hall–Kier alpha value is -3.75. The zero-order valence-corrected chi connectivity index (χ0v) is 19.3. The van der Waals surface area contributed by atoms with Crippen LogP contribution in [0.5, 0.6) is 11.5 Å². The van der Waals surface area contributed by atoms with Gasteiger partial charge in [-0.3, -0.25) is 14.6 Å². The average Bonchev–Trinajstić information content (AvgIpc) is 3.20. The topological polar surface area (TPSA) is 125 Å². The van der Waals surface area contributed by atoms with Crippen LogP contribution in [0.4, 0.5) is 0 Å². The fraction of sp³-hybridized carbons (Fsp3) is 0.375. The van der Waals surface area contributed by atoms with Gasteiger partial charge in [-0.05, 0) is 35.9 Å². The van der Waals surface area contributed by atoms with Crippen LogP contribution in [0, 0.1) is 12.3 Å². The average molecular weight is 453 g/mol. The number of methoxy groups -OCH3 is 1. The number of rotatable bonds is 9. The molecule has 0 bridgehead atoms. The number of aliphatic carboxylic acids is 1. The zero-order valence-electron chi connectivity index (χ0n) is 19.3. The molecule has 2 aromatic heterocycles. The van der Waals surface area contributed by atoms with Gasteiger partial charge in [0.05, 0.1) is 25.1 Å². The fourth-order valence-electron chi connectivity index (χ4n) is 3.12. The predicted molar refractivity (Wildman–Crippen MR) is 119 cm³/mol. The number of pyridine rings is 1. The molecule has 2 heterocycles. The molecule has 9 nitrogen and oxygen atoms in total. The molecule has 0 amide bonds. The molecule has 1 aromatic carbocycles. The molecule has 0 spiro atoms. The molecule has 3 rings (SSSR count). The lowest BCUT2D eigenvalue weighted by molar-refractivity contribution is -0.137. The van der Waals surface area contributed by atoms with E-state index in [1.54, 1.807) is 50.6 Å². The van der Waals surface area contributed by atoms with Gasteiger partial charge in [0, 0.05) is 24.1 Å². The Labute approximate surface area is 191 Å². The summed E-state index contributed by atoms with van der Waals surface area (Å²) in [6.07, 6.45) is 1.33. The van der Waals surface area contributed by atoms with Crippen molar-refractivity contribution >= 4 is 11.8 Å². The molecule has 33 heavy (non-hydrogen) atoms. The van der Waals surface area contributed by atoms with Crippen LogP contribution >= 0.6 is 0 Å². The number of carboxylic acid groups (broad SMARTS) is 1. The summed E-state index contributed by atoms with van der Waals surface area (Å²) in [4.78, 5) is 28.1. The number of carbonyl (C=O) groups is 2. The number of ketones is 1. The SMILES string of the molecule is COc1ccc(OCC(=O)C(C)(C)C)cc1-c1ccnc(C(CC(=O)O)c2nnc(C)o2)c1. The summed E-state index contributed by atoms with van der Waals surface area (Å²) in [6, 6.07) is 8.80. The maximum atomic E-state index is 12.2. The van der Waals surface area contributed by atoms with Crippen LogP contribution < -0.4 is 9.47 Å². The zero-order chi connectivity index (χ0) is 24.2. The minimum atomic E-state index is -1.01. The summed E-state index contributed by atoms with van der Waals surface area (Å²) in [5.74, 6) is -0.117. The van der Waals surface area contributed by atoms with E-state index in [2.05, 4.69) is 15.2 Å². The van der Waals surface area contributed by atoms with Crippen LogP contribution in [-0.2, 0) is 9.59 Å². The Morgan fingerprint density at radius 1 is 1.15 bits per heavy atom. The number of hydrogen-bond donors (Lipinski definition) is 1. The van der Waals surface area contributed by atoms with Crippen LogP contribution in [0.1, 0.15) is 50.6 Å². The van der Waals surface area contributed by atoms with E-state index in [-0.39, 0.29) is 24.7 Å². The number of aryl methyl sites for hydroxylation is 1. The highest BCUT2D eigenvalue weighted by Crippen LogP contribution is 2.36. The van der Waals surface area contributed by atoms with E-state index in [0.29, 0.717) is 28.6 Å². The summed E-state index contributed by atoms with van der Waals surface area (Å²) < 4.78 is 16.7. The van der Waals surface area contributed by atoms with Crippen molar-refractivity contribution in [1.29, 1.82) is 0 Å². The van der Waals surface area contributed by atoms with Crippen LogP contribution in [0.2, 0.25) is 0 Å². The van der Waals surface area contributed by atoms with Gasteiger partial charge in [-0.15, -0.1) is 10.2 Å². The summed E-state index contributed by atoms with van der Waals surface area (Å²) in [7, 11) is 1.55. The van der Waals surface area contributed by atoms with E-state index in [9.17, 15) is 14.7 Å². The number of nitrogens with zero attached hydrogens (tertiary/aromatic N) is 3. The van der Waals surface area contributed by atoms with E-state index >= 15 is 0 Å². The van der Waals surface area contributed by atoms with E-state index in [1.165, 1.54) is 0 Å². The van der Waals surface area contributed by atoms with E-state index < -0.39 is 17.3 Å². The number of carbonyl (C=O) groups excluding carboxylic acids is 1. The third-order valence-electron chi connectivity index (χ3n) is 5.05. The first kappa shape index (κ1) is 23.9. The van der Waals surface area contributed by atoms with E-state index in [1.807, 2.05) is 20.8 Å². The van der Waals surface area contributed by atoms with E-state index in [4.69, 9.17) is 13.9 Å². The monoisotopic (exact) mass is 453 g/mol. The lowest BCUT2D eigenvalue weighted by atomic mass is 9.91. The molecule has 0 aliphatic heterocycles. The molecule has 0 aliphatic rings. The second-order valence-corrected chi connectivity index (χ2v) is 8.60. The second kappa shape index (κ2) is 9.81. The summed E-state index contributed by atoms with van der Waals surface area (Å²) in [6.45, 7) is 7.12. The summed E-state index contributed by atoms with van der Waals surface area (Å²) >= 11 is 0. The highest BCUT2D eigenvalue weighted by Gasteiger charge is 2.26. The third kappa shape index (κ3) is 5.94. The smallest absolute Gasteiger partial charge is 0.304 e. The normalized spacial score (nSPS) is 12.3. The summed E-state index contributed by atoms with van der Waals surface area (Å²) in [5, 5.41) is 17.2. The number of hydrogen-bond acceptors (Lipinski definition) is 8. The van der Waals surface area contributed by atoms with Gasteiger partial charge in [0.25, 0.3) is 0 Å². The Morgan fingerprint density at radius 3 is 2.52 bits per heavy atom. The first-order valence-electron chi connectivity index (χ1n) is 10.4. The Bertz CT molecular complexity index is 1150. The number of ether oxygens (including phenoxy) is 2. The first-order valence-corrected chi connectivity index (χ1v) is 10.4. The molecule has 0 saturated heterocycles. The first-order chi connectivity index (χ1) is 15.6. The van der Waals surface area contributed by atoms with Gasteiger partial charge in [-0.2, -0.15) is 0 Å². The third-order valence-corrected chi connectivity index (χ3v) is 5.05. The van der Waals surface area contributed by atoms with Gasteiger partial charge in [0.15, 0.2) is 5.78 Å². The summed E-state index contributed by atoms with van der Waals surface area (Å²) in [5.41, 5.74) is 1.41. The van der Waals surface area contributed by atoms with E-state index in [0.717, 1.165) is 5.56 Å². The van der Waals surface area contributed by atoms with Crippen LogP contribution in [0.3, 0.4) is 0 Å². The van der Waals surface area contributed by atoms with Crippen molar-refractivity contribution < 1.29 is 28.6 Å². The molecule has 0 fully saturated rings. The molecule has 0 radical (unpaired) electrons. The standard InChI is InChI=1S/C24H27N3O6/c1-14-26-27-23(33-14)18(12-22(29)30)19-10-15(8-9-25-19)17-11-16(6-7-20(17)31-5)32-13-21(28)24(2,3)4/h6-11,18H,12-13H2,1-5H3,(H,29,30). The van der Waals surface area contributed by atoms with Crippen molar-refractivity contribution in [2.75, 3.05) is 13.7 Å². The van der Waals surface area contributed by atoms with Gasteiger partial charge < -0.3 is 19.0 Å². The van der Waals surface area contributed by atoms with Crippen LogP contribution in [0.15, 0.2) is 40.9 Å². The quantitative estimate of drug-likeness (QED) is 0.511. The van der Waals surface area contributed by atoms with Crippen molar-refractivity contribution in [2.24, 2.45) is 5.41 Å². The molecule has 9 heteroatoms. The van der Waals surface area contributed by atoms with Crippen LogP contribution in [0.25, 0.3) is 11.1 Å². The van der Waals surface area contributed by atoms with Crippen molar-refractivity contribution in [1.82, 2.24) is 15.2 Å². The largest absolute Gasteiger partial charge is 0.496 e. The van der Waals surface area contributed by atoms with Gasteiger partial charge in [-0.25, -0.2) is 0 Å². The van der Waals surface area contributed by atoms with Crippen molar-refractivity contribution in [3.8, 4) is 22.6 Å². The molecule has 0 aliphatic carbocycles. The lowest BCUT2D eigenvalue weighted by Crippen LogP contribution is -2.26. The molecule has 174 valence electrons. The molecular formula is C24H27N3O6. The molecule has 0 saturated carbocycles. The van der Waals surface area contributed by atoms with Gasteiger partial charge in [0.1, 0.15) is 18.1 Å². The number of carboxylic acids is 1. The second-order valence-electron chi connectivity index (χ2n) is 8.60. The molecule has 1 unspecified atom stereocenters. The van der Waals surface area contributed by atoms with Crippen molar-refractivity contribution in [3.05, 3.63) is 54.0 Å². The van der Waals surface area contributed by atoms with Crippen molar-refractivity contribution in [2.45, 2.75) is 40.0 Å². The fourth-order valence-corrected chi connectivity index (χ4v) is 3.12. The molecular weight excluding hydrogens is 426 g/mol. The highest BCUT2D eigenvalue weighted by molar-refractivity contribution is 5.85. The number of benzene rings is 1. The minimum absolute atomic E-state index is 0.0163. The van der Waals surface area contributed by atoms with Crippen LogP contribution in [-0.4, -0.2) is 45.8 Å². The van der Waals surface area contributed by atoms with Gasteiger partial charge in [0.2, 0.25) is 11.8 Å². The van der Waals surface area contributed by atoms with Gasteiger partial charge in [-0.1, -0.05) is 20.8 Å². The Balaban J connectivity index is 1.96. The Kier molecular flexibility index (Phi) is 7.10. The van der Waals surface area contributed by atoms with Crippen molar-refractivity contribution in [3.63, 3.8) is 0 Å². The maximum absolute atomic E-state index is 12.2. The predicted octanol–water partition coefficient (Wildman–Crippen LogP) is 4.05. The lowest BCUT2D eigenvalue weighted by Gasteiger charge is -2.18. The molecule has 1 atom stereocenters. The number of aromatic nitrogens is 3. The maximum Gasteiger partial charge on any atom is 0.304 e.